The Balaban J connectivity index is 1.56. The zero-order chi connectivity index (χ0) is 23.5. The van der Waals surface area contributed by atoms with Gasteiger partial charge in [0.2, 0.25) is 0 Å². The molecule has 178 valence electrons. The maximum atomic E-state index is 15.0. The number of halogens is 4. The number of rotatable bonds is 6. The normalized spacial score (nSPS) is 25.7. The summed E-state index contributed by atoms with van der Waals surface area (Å²) < 4.78 is 65.9. The van der Waals surface area contributed by atoms with Crippen LogP contribution in [-0.4, -0.2) is 12.7 Å². The molecule has 1 aliphatic carbocycles. The summed E-state index contributed by atoms with van der Waals surface area (Å²) >= 11 is 0. The Bertz CT molecular complexity index is 986. The van der Waals surface area contributed by atoms with Crippen molar-refractivity contribution in [2.45, 2.75) is 76.2 Å². The molecule has 0 amide bonds. The van der Waals surface area contributed by atoms with Crippen molar-refractivity contribution in [1.29, 1.82) is 0 Å². The lowest BCUT2D eigenvalue weighted by Crippen LogP contribution is -2.25. The average Bonchev–Trinajstić information content (AvgIpc) is 2.84. The molecule has 0 radical (unpaired) electrons. The van der Waals surface area contributed by atoms with Gasteiger partial charge in [0, 0.05) is 17.0 Å². The van der Waals surface area contributed by atoms with Crippen LogP contribution in [0.3, 0.4) is 0 Å². The van der Waals surface area contributed by atoms with E-state index >= 15 is 8.78 Å². The molecule has 2 aromatic carbocycles. The van der Waals surface area contributed by atoms with Gasteiger partial charge in [-0.1, -0.05) is 43.7 Å². The second-order valence-electron chi connectivity index (χ2n) is 9.53. The fourth-order valence-electron chi connectivity index (χ4n) is 5.44. The fourth-order valence-corrected chi connectivity index (χ4v) is 5.44. The zero-order valence-electron chi connectivity index (χ0n) is 19.2. The highest BCUT2D eigenvalue weighted by atomic mass is 19.2. The minimum absolute atomic E-state index is 0.0726. The van der Waals surface area contributed by atoms with Crippen LogP contribution in [0.4, 0.5) is 17.6 Å². The molecule has 1 heterocycles. The Kier molecular flexibility index (Phi) is 7.58. The van der Waals surface area contributed by atoms with Gasteiger partial charge >= 0.3 is 0 Å². The van der Waals surface area contributed by atoms with Crippen LogP contribution < -0.4 is 0 Å². The summed E-state index contributed by atoms with van der Waals surface area (Å²) in [4.78, 5) is 0. The van der Waals surface area contributed by atoms with Crippen molar-refractivity contribution < 1.29 is 22.3 Å². The molecule has 0 aromatic heterocycles. The van der Waals surface area contributed by atoms with Gasteiger partial charge < -0.3 is 4.74 Å². The number of benzene rings is 2. The Morgan fingerprint density at radius 1 is 0.788 bits per heavy atom. The first kappa shape index (κ1) is 24.0. The van der Waals surface area contributed by atoms with Gasteiger partial charge in [0.25, 0.3) is 0 Å². The van der Waals surface area contributed by atoms with Crippen molar-refractivity contribution in [2.75, 3.05) is 6.61 Å². The predicted octanol–water partition coefficient (Wildman–Crippen LogP) is 8.43. The smallest absolute Gasteiger partial charge is 0.167 e. The first-order valence-electron chi connectivity index (χ1n) is 12.1. The minimum atomic E-state index is -1.14. The molecule has 0 spiro atoms. The third-order valence-electron chi connectivity index (χ3n) is 7.48. The van der Waals surface area contributed by atoms with Gasteiger partial charge in [-0.05, 0) is 67.9 Å². The molecule has 1 saturated heterocycles. The van der Waals surface area contributed by atoms with Gasteiger partial charge in [-0.15, -0.1) is 6.58 Å². The molecular weight excluding hydrogens is 428 g/mol. The summed E-state index contributed by atoms with van der Waals surface area (Å²) in [6.07, 6.45) is 8.87. The van der Waals surface area contributed by atoms with Gasteiger partial charge in [0.1, 0.15) is 0 Å². The van der Waals surface area contributed by atoms with E-state index in [2.05, 4.69) is 13.5 Å². The summed E-state index contributed by atoms with van der Waals surface area (Å²) in [6.45, 7) is 6.24. The predicted molar refractivity (Wildman–Crippen MR) is 123 cm³/mol. The number of hydrogen-bond donors (Lipinski definition) is 0. The molecule has 2 fully saturated rings. The SMILES string of the molecule is C=CC1CCC(c2ccc(-c3ccc(C4CCC(CCC)OC4)c(F)c3F)c(F)c2F)CC1. The van der Waals surface area contributed by atoms with Crippen LogP contribution in [0.1, 0.15) is 81.3 Å². The van der Waals surface area contributed by atoms with Crippen LogP contribution in [0.5, 0.6) is 0 Å². The highest BCUT2D eigenvalue weighted by Crippen LogP contribution is 2.40. The van der Waals surface area contributed by atoms with Crippen molar-refractivity contribution >= 4 is 0 Å². The van der Waals surface area contributed by atoms with E-state index in [0.717, 1.165) is 44.9 Å². The molecule has 2 aromatic rings. The summed E-state index contributed by atoms with van der Waals surface area (Å²) in [5, 5.41) is 0. The quantitative estimate of drug-likeness (QED) is 0.310. The van der Waals surface area contributed by atoms with Crippen molar-refractivity contribution in [2.24, 2.45) is 5.92 Å². The monoisotopic (exact) mass is 460 g/mol. The van der Waals surface area contributed by atoms with Crippen LogP contribution >= 0.6 is 0 Å². The topological polar surface area (TPSA) is 9.23 Å². The molecule has 1 saturated carbocycles. The summed E-state index contributed by atoms with van der Waals surface area (Å²) in [5.41, 5.74) is 0.0527. The van der Waals surface area contributed by atoms with E-state index < -0.39 is 23.3 Å². The average molecular weight is 461 g/mol. The third-order valence-corrected chi connectivity index (χ3v) is 7.48. The van der Waals surface area contributed by atoms with Crippen molar-refractivity contribution in [3.8, 4) is 11.1 Å². The second-order valence-corrected chi connectivity index (χ2v) is 9.53. The summed E-state index contributed by atoms with van der Waals surface area (Å²) in [6, 6.07) is 5.76. The second kappa shape index (κ2) is 10.4. The maximum Gasteiger partial charge on any atom is 0.167 e. The van der Waals surface area contributed by atoms with Crippen LogP contribution in [0, 0.1) is 29.2 Å². The van der Waals surface area contributed by atoms with Crippen LogP contribution in [0.25, 0.3) is 11.1 Å². The molecule has 1 nitrogen and oxygen atoms in total. The van der Waals surface area contributed by atoms with E-state index in [1.807, 2.05) is 6.08 Å². The fraction of sp³-hybridized carbons (Fsp3) is 0.500. The molecule has 33 heavy (non-hydrogen) atoms. The Labute approximate surface area is 193 Å². The molecule has 1 aliphatic heterocycles. The maximum absolute atomic E-state index is 15.0. The highest BCUT2D eigenvalue weighted by Gasteiger charge is 2.29. The van der Waals surface area contributed by atoms with Gasteiger partial charge in [-0.25, -0.2) is 17.6 Å². The standard InChI is InChI=1S/C28H32F4O/c1-3-5-20-11-10-19(16-33-20)22-13-15-24(28(32)26(22)30)23-14-12-21(25(29)27(23)31)18-8-6-17(4-2)7-9-18/h4,12-15,17-20H,2-3,5-11,16H2,1H3. The molecule has 2 aliphatic rings. The lowest BCUT2D eigenvalue weighted by molar-refractivity contribution is -0.00181. The molecule has 4 rings (SSSR count). The lowest BCUT2D eigenvalue weighted by atomic mass is 9.78. The van der Waals surface area contributed by atoms with Crippen molar-refractivity contribution in [3.63, 3.8) is 0 Å². The van der Waals surface area contributed by atoms with E-state index in [1.54, 1.807) is 0 Å². The minimum Gasteiger partial charge on any atom is -0.378 e. The molecular formula is C28H32F4O. The summed E-state index contributed by atoms with van der Waals surface area (Å²) in [7, 11) is 0. The number of ether oxygens (including phenoxy) is 1. The Hall–Kier alpha value is -2.14. The van der Waals surface area contributed by atoms with Crippen LogP contribution in [0.15, 0.2) is 36.9 Å². The molecule has 0 N–H and O–H groups in total. The largest absolute Gasteiger partial charge is 0.378 e. The zero-order valence-corrected chi connectivity index (χ0v) is 19.2. The summed E-state index contributed by atoms with van der Waals surface area (Å²) in [5.74, 6) is -4.11. The van der Waals surface area contributed by atoms with Gasteiger partial charge in [-0.3, -0.25) is 0 Å². The van der Waals surface area contributed by atoms with E-state index in [0.29, 0.717) is 24.5 Å². The van der Waals surface area contributed by atoms with E-state index in [9.17, 15) is 8.78 Å². The van der Waals surface area contributed by atoms with Gasteiger partial charge in [0.15, 0.2) is 23.3 Å². The third kappa shape index (κ3) is 4.89. The van der Waals surface area contributed by atoms with Crippen LogP contribution in [-0.2, 0) is 4.74 Å². The first-order valence-corrected chi connectivity index (χ1v) is 12.1. The highest BCUT2D eigenvalue weighted by molar-refractivity contribution is 5.66. The Morgan fingerprint density at radius 3 is 1.82 bits per heavy atom. The lowest BCUT2D eigenvalue weighted by Gasteiger charge is -2.29. The molecule has 0 bridgehead atoms. The number of allylic oxidation sites excluding steroid dienone is 1. The van der Waals surface area contributed by atoms with Gasteiger partial charge in [0.05, 0.1) is 12.7 Å². The van der Waals surface area contributed by atoms with E-state index in [4.69, 9.17) is 4.74 Å². The number of hydrogen-bond acceptors (Lipinski definition) is 1. The molecule has 2 atom stereocenters. The molecule has 2 unspecified atom stereocenters. The molecule has 5 heteroatoms. The van der Waals surface area contributed by atoms with Crippen molar-refractivity contribution in [3.05, 3.63) is 71.3 Å². The van der Waals surface area contributed by atoms with Crippen molar-refractivity contribution in [1.82, 2.24) is 0 Å². The van der Waals surface area contributed by atoms with Gasteiger partial charge in [-0.2, -0.15) is 0 Å². The first-order chi connectivity index (χ1) is 15.9. The van der Waals surface area contributed by atoms with Crippen LogP contribution in [0.2, 0.25) is 0 Å². The van der Waals surface area contributed by atoms with E-state index in [-0.39, 0.29) is 34.6 Å². The Morgan fingerprint density at radius 2 is 1.33 bits per heavy atom. The van der Waals surface area contributed by atoms with E-state index in [1.165, 1.54) is 24.3 Å².